The molecule has 0 saturated carbocycles. The van der Waals surface area contributed by atoms with Crippen LogP contribution in [0.25, 0.3) is 0 Å². The molecule has 1 amide bonds. The van der Waals surface area contributed by atoms with Crippen LogP contribution in [0.15, 0.2) is 66.7 Å². The van der Waals surface area contributed by atoms with Crippen molar-refractivity contribution in [2.45, 2.75) is 32.4 Å². The number of nitrogens with zero attached hydrogens (tertiary/aromatic N) is 2. The maximum Gasteiger partial charge on any atom is 0.258 e. The van der Waals surface area contributed by atoms with Crippen LogP contribution < -0.4 is 14.4 Å². The van der Waals surface area contributed by atoms with Gasteiger partial charge in [-0.15, -0.1) is 0 Å². The Bertz CT molecular complexity index is 1140. The number of piperidine rings is 1. The molecule has 0 bridgehead atoms. The lowest BCUT2D eigenvalue weighted by Crippen LogP contribution is -2.47. The Kier molecular flexibility index (Phi) is 7.38. The molecule has 0 aliphatic carbocycles. The Balaban J connectivity index is 1.59. The van der Waals surface area contributed by atoms with Crippen LogP contribution in [-0.4, -0.2) is 49.3 Å². The molecule has 1 heterocycles. The number of carbonyl (C=O) groups excluding carboxylic acids is 1. The molecule has 3 aromatic carbocycles. The van der Waals surface area contributed by atoms with Crippen molar-refractivity contribution in [2.24, 2.45) is 0 Å². The number of phenolic OH excluding ortho intramolecular Hbond substituents is 1. The number of para-hydroxylation sites is 1. The summed E-state index contributed by atoms with van der Waals surface area (Å²) in [4.78, 5) is 18.0. The zero-order valence-corrected chi connectivity index (χ0v) is 20.0. The third-order valence-electron chi connectivity index (χ3n) is 6.44. The summed E-state index contributed by atoms with van der Waals surface area (Å²) < 4.78 is 10.9. The zero-order chi connectivity index (χ0) is 24.1. The third-order valence-corrected chi connectivity index (χ3v) is 6.44. The Hall–Kier alpha value is -3.51. The van der Waals surface area contributed by atoms with Gasteiger partial charge in [-0.25, -0.2) is 0 Å². The summed E-state index contributed by atoms with van der Waals surface area (Å²) in [6.45, 7) is 4.37. The van der Waals surface area contributed by atoms with E-state index in [1.807, 2.05) is 72.5 Å². The fourth-order valence-electron chi connectivity index (χ4n) is 4.61. The molecule has 178 valence electrons. The molecule has 6 heteroatoms. The van der Waals surface area contributed by atoms with E-state index in [0.717, 1.165) is 42.7 Å². The molecule has 0 spiro atoms. The number of anilines is 1. The number of likely N-dealkylation sites (tertiary alicyclic amines) is 1. The van der Waals surface area contributed by atoms with Gasteiger partial charge in [0.1, 0.15) is 5.75 Å². The molecule has 34 heavy (non-hydrogen) atoms. The number of phenols is 1. The second kappa shape index (κ2) is 10.6. The first-order valence-corrected chi connectivity index (χ1v) is 11.6. The number of carbonyl (C=O) groups is 1. The first-order valence-electron chi connectivity index (χ1n) is 11.6. The molecule has 0 radical (unpaired) electrons. The van der Waals surface area contributed by atoms with Crippen LogP contribution in [0.5, 0.6) is 17.2 Å². The van der Waals surface area contributed by atoms with E-state index in [1.165, 1.54) is 0 Å². The molecule has 3 aromatic rings. The number of methoxy groups -OCH3 is 2. The fourth-order valence-corrected chi connectivity index (χ4v) is 4.61. The smallest absolute Gasteiger partial charge is 0.258 e. The van der Waals surface area contributed by atoms with Gasteiger partial charge in [0.05, 0.1) is 14.2 Å². The maximum atomic E-state index is 13.8. The molecule has 6 nitrogen and oxygen atoms in total. The van der Waals surface area contributed by atoms with Crippen LogP contribution in [-0.2, 0) is 6.54 Å². The minimum atomic E-state index is -0.0185. The van der Waals surface area contributed by atoms with E-state index in [4.69, 9.17) is 9.47 Å². The molecule has 1 aliphatic rings. The van der Waals surface area contributed by atoms with E-state index >= 15 is 0 Å². The molecular formula is C28H32N2O4. The highest BCUT2D eigenvalue weighted by atomic mass is 16.5. The number of aryl methyl sites for hydroxylation is 1. The highest BCUT2D eigenvalue weighted by molar-refractivity contribution is 6.06. The fraction of sp³-hybridized carbons (Fsp3) is 0.321. The average molecular weight is 461 g/mol. The predicted molar refractivity (Wildman–Crippen MR) is 134 cm³/mol. The molecule has 1 fully saturated rings. The lowest BCUT2D eigenvalue weighted by atomic mass is 9.99. The molecule has 0 aromatic heterocycles. The Morgan fingerprint density at radius 1 is 0.971 bits per heavy atom. The number of amides is 1. The van der Waals surface area contributed by atoms with E-state index in [1.54, 1.807) is 20.3 Å². The largest absolute Gasteiger partial charge is 0.508 e. The lowest BCUT2D eigenvalue weighted by Gasteiger charge is -2.39. The maximum absolute atomic E-state index is 13.8. The van der Waals surface area contributed by atoms with Gasteiger partial charge in [-0.3, -0.25) is 9.69 Å². The molecule has 1 saturated heterocycles. The van der Waals surface area contributed by atoms with Crippen molar-refractivity contribution < 1.29 is 19.4 Å². The second-order valence-corrected chi connectivity index (χ2v) is 8.72. The van der Waals surface area contributed by atoms with Crippen LogP contribution in [0.1, 0.15) is 34.3 Å². The van der Waals surface area contributed by atoms with Gasteiger partial charge in [0, 0.05) is 48.6 Å². The van der Waals surface area contributed by atoms with Gasteiger partial charge in [0.15, 0.2) is 11.5 Å². The summed E-state index contributed by atoms with van der Waals surface area (Å²) in [6.07, 6.45) is 1.67. The van der Waals surface area contributed by atoms with Crippen LogP contribution in [0.2, 0.25) is 0 Å². The lowest BCUT2D eigenvalue weighted by molar-refractivity contribution is 0.0958. The van der Waals surface area contributed by atoms with Crippen molar-refractivity contribution in [3.63, 3.8) is 0 Å². The first kappa shape index (κ1) is 23.6. The number of rotatable bonds is 7. The topological polar surface area (TPSA) is 62.2 Å². The minimum absolute atomic E-state index is 0.0185. The van der Waals surface area contributed by atoms with E-state index < -0.39 is 0 Å². The van der Waals surface area contributed by atoms with Crippen molar-refractivity contribution in [2.75, 3.05) is 32.2 Å². The van der Waals surface area contributed by atoms with Crippen LogP contribution in [0.4, 0.5) is 5.69 Å². The number of ether oxygens (including phenoxy) is 2. The van der Waals surface area contributed by atoms with Gasteiger partial charge in [-0.1, -0.05) is 35.9 Å². The van der Waals surface area contributed by atoms with E-state index in [9.17, 15) is 9.90 Å². The predicted octanol–water partition coefficient (Wildman–Crippen LogP) is 5.03. The SMILES string of the molecule is COc1ccc(N(C(=O)c2cccc(C)c2)C2CCN(Cc3ccccc3O)CC2)cc1OC. The minimum Gasteiger partial charge on any atom is -0.508 e. The van der Waals surface area contributed by atoms with Crippen LogP contribution >= 0.6 is 0 Å². The summed E-state index contributed by atoms with van der Waals surface area (Å²) >= 11 is 0. The van der Waals surface area contributed by atoms with Crippen molar-refractivity contribution >= 4 is 11.6 Å². The standard InChI is InChI=1S/C28H32N2O4/c1-20-7-6-9-21(17-20)28(32)30(24-11-12-26(33-2)27(18-24)34-3)23-13-15-29(16-14-23)19-22-8-4-5-10-25(22)31/h4-12,17-18,23,31H,13-16,19H2,1-3H3. The number of aromatic hydroxyl groups is 1. The van der Waals surface area contributed by atoms with Gasteiger partial charge >= 0.3 is 0 Å². The van der Waals surface area contributed by atoms with Crippen LogP contribution in [0, 0.1) is 6.92 Å². The molecular weight excluding hydrogens is 428 g/mol. The van der Waals surface area contributed by atoms with Crippen molar-refractivity contribution in [1.29, 1.82) is 0 Å². The summed E-state index contributed by atoms with van der Waals surface area (Å²) in [5.74, 6) is 1.53. The summed E-state index contributed by atoms with van der Waals surface area (Å²) in [6, 6.07) is 20.9. The number of hydrogen-bond acceptors (Lipinski definition) is 5. The highest BCUT2D eigenvalue weighted by Crippen LogP contribution is 2.35. The molecule has 1 aliphatic heterocycles. The number of hydrogen-bond donors (Lipinski definition) is 1. The molecule has 0 unspecified atom stereocenters. The van der Waals surface area contributed by atoms with Gasteiger partial charge in [-0.2, -0.15) is 0 Å². The third kappa shape index (κ3) is 5.18. The van der Waals surface area contributed by atoms with Crippen molar-refractivity contribution in [1.82, 2.24) is 4.90 Å². The molecule has 4 rings (SSSR count). The summed E-state index contributed by atoms with van der Waals surface area (Å²) in [5, 5.41) is 10.1. The monoisotopic (exact) mass is 460 g/mol. The van der Waals surface area contributed by atoms with Gasteiger partial charge in [0.2, 0.25) is 0 Å². The van der Waals surface area contributed by atoms with E-state index in [2.05, 4.69) is 4.90 Å². The summed E-state index contributed by atoms with van der Waals surface area (Å²) in [7, 11) is 3.21. The van der Waals surface area contributed by atoms with Crippen LogP contribution in [0.3, 0.4) is 0 Å². The first-order chi connectivity index (χ1) is 16.5. The number of benzene rings is 3. The van der Waals surface area contributed by atoms with E-state index in [-0.39, 0.29) is 11.9 Å². The normalized spacial score (nSPS) is 14.6. The Labute approximate surface area is 201 Å². The highest BCUT2D eigenvalue weighted by Gasteiger charge is 2.31. The second-order valence-electron chi connectivity index (χ2n) is 8.72. The van der Waals surface area contributed by atoms with Gasteiger partial charge in [-0.05, 0) is 50.1 Å². The summed E-state index contributed by atoms with van der Waals surface area (Å²) in [5.41, 5.74) is 3.44. The zero-order valence-electron chi connectivity index (χ0n) is 20.0. The molecule has 0 atom stereocenters. The Morgan fingerprint density at radius 2 is 1.71 bits per heavy atom. The van der Waals surface area contributed by atoms with Crippen molar-refractivity contribution in [3.8, 4) is 17.2 Å². The van der Waals surface area contributed by atoms with Crippen molar-refractivity contribution in [3.05, 3.63) is 83.4 Å². The van der Waals surface area contributed by atoms with E-state index in [0.29, 0.717) is 29.4 Å². The Morgan fingerprint density at radius 3 is 2.38 bits per heavy atom. The average Bonchev–Trinajstić information content (AvgIpc) is 2.86. The quantitative estimate of drug-likeness (QED) is 0.536. The molecule has 1 N–H and O–H groups in total. The van der Waals surface area contributed by atoms with Gasteiger partial charge < -0.3 is 19.5 Å². The van der Waals surface area contributed by atoms with Gasteiger partial charge in [0.25, 0.3) is 5.91 Å².